The zero-order valence-corrected chi connectivity index (χ0v) is 15.8. The van der Waals surface area contributed by atoms with Crippen LogP contribution in [-0.4, -0.2) is 18.6 Å². The summed E-state index contributed by atoms with van der Waals surface area (Å²) in [4.78, 5) is 5.32. The highest BCUT2D eigenvalue weighted by Gasteiger charge is 2.18. The quantitative estimate of drug-likeness (QED) is 0.520. The molecule has 1 N–H and O–H groups in total. The van der Waals surface area contributed by atoms with E-state index in [1.54, 1.807) is 29.6 Å². The second kappa shape index (κ2) is 7.02. The van der Waals surface area contributed by atoms with Crippen LogP contribution in [-0.2, 0) is 16.4 Å². The minimum atomic E-state index is -3.61. The van der Waals surface area contributed by atoms with E-state index in [1.807, 2.05) is 29.6 Å². The Morgan fingerprint density at radius 3 is 2.58 bits per heavy atom. The van der Waals surface area contributed by atoms with Gasteiger partial charge >= 0.3 is 0 Å². The maximum atomic E-state index is 12.5. The average molecular weight is 404 g/mol. The van der Waals surface area contributed by atoms with Crippen LogP contribution in [0.3, 0.4) is 0 Å². The molecule has 0 saturated carbocycles. The van der Waals surface area contributed by atoms with Crippen LogP contribution in [0, 0.1) is 0 Å². The first-order chi connectivity index (χ1) is 12.6. The molecule has 1 aromatic carbocycles. The van der Waals surface area contributed by atoms with E-state index < -0.39 is 10.0 Å². The number of benzene rings is 1. The summed E-state index contributed by atoms with van der Waals surface area (Å²) in [6.45, 7) is 0. The molecule has 0 fully saturated rings. The normalized spacial score (nSPS) is 11.5. The molecule has 0 atom stereocenters. The molecule has 0 aliphatic carbocycles. The molecule has 6 nitrogen and oxygen atoms in total. The summed E-state index contributed by atoms with van der Waals surface area (Å²) in [5, 5.41) is 7.66. The van der Waals surface area contributed by atoms with E-state index in [1.165, 1.54) is 22.7 Å². The lowest BCUT2D eigenvalue weighted by Crippen LogP contribution is -2.13. The van der Waals surface area contributed by atoms with Crippen LogP contribution in [0.15, 0.2) is 68.0 Å². The van der Waals surface area contributed by atoms with Crippen LogP contribution >= 0.6 is 22.7 Å². The van der Waals surface area contributed by atoms with Crippen LogP contribution in [0.5, 0.6) is 0 Å². The zero-order valence-electron chi connectivity index (χ0n) is 13.3. The molecule has 4 rings (SSSR count). The minimum absolute atomic E-state index is 0.269. The van der Waals surface area contributed by atoms with Crippen molar-refractivity contribution in [2.75, 3.05) is 4.72 Å². The van der Waals surface area contributed by atoms with Crippen molar-refractivity contribution in [2.24, 2.45) is 0 Å². The van der Waals surface area contributed by atoms with Crippen LogP contribution in [0.2, 0.25) is 0 Å². The lowest BCUT2D eigenvalue weighted by molar-refractivity contribution is 0.386. The van der Waals surface area contributed by atoms with Crippen LogP contribution in [0.4, 0.5) is 5.69 Å². The molecule has 26 heavy (non-hydrogen) atoms. The number of hydrogen-bond donors (Lipinski definition) is 1. The highest BCUT2D eigenvalue weighted by molar-refractivity contribution is 7.94. The lowest BCUT2D eigenvalue weighted by Gasteiger charge is -2.10. The number of para-hydroxylation sites is 1. The van der Waals surface area contributed by atoms with E-state index in [9.17, 15) is 8.42 Å². The van der Waals surface area contributed by atoms with Gasteiger partial charge in [-0.25, -0.2) is 8.42 Å². The van der Waals surface area contributed by atoms with Gasteiger partial charge in [0.05, 0.1) is 17.0 Å². The molecule has 3 aromatic heterocycles. The second-order valence-electron chi connectivity index (χ2n) is 5.36. The fourth-order valence-corrected chi connectivity index (χ4v) is 5.12. The Morgan fingerprint density at radius 1 is 1.00 bits per heavy atom. The monoisotopic (exact) mass is 403 g/mol. The van der Waals surface area contributed by atoms with Crippen molar-refractivity contribution >= 4 is 38.4 Å². The van der Waals surface area contributed by atoms with Gasteiger partial charge < -0.3 is 4.52 Å². The zero-order chi connectivity index (χ0) is 18.0. The average Bonchev–Trinajstić information content (AvgIpc) is 3.39. The van der Waals surface area contributed by atoms with Gasteiger partial charge in [-0.3, -0.25) is 4.72 Å². The van der Waals surface area contributed by atoms with Crippen molar-refractivity contribution in [3.05, 3.63) is 70.7 Å². The Labute approximate surface area is 158 Å². The molecule has 0 unspecified atom stereocenters. The number of sulfonamides is 1. The summed E-state index contributed by atoms with van der Waals surface area (Å²) >= 11 is 2.70. The molecule has 0 spiro atoms. The molecule has 3 heterocycles. The second-order valence-corrected chi connectivity index (χ2v) is 9.17. The van der Waals surface area contributed by atoms with Gasteiger partial charge in [0, 0.05) is 0 Å². The maximum Gasteiger partial charge on any atom is 0.271 e. The number of anilines is 1. The van der Waals surface area contributed by atoms with Crippen molar-refractivity contribution in [1.29, 1.82) is 0 Å². The van der Waals surface area contributed by atoms with Gasteiger partial charge in [0.1, 0.15) is 4.21 Å². The summed E-state index contributed by atoms with van der Waals surface area (Å²) in [7, 11) is -3.61. The summed E-state index contributed by atoms with van der Waals surface area (Å²) in [6.07, 6.45) is 0.335. The molecule has 0 bridgehead atoms. The molecule has 132 valence electrons. The number of thiophene rings is 2. The molecule has 0 amide bonds. The largest absolute Gasteiger partial charge is 0.339 e. The van der Waals surface area contributed by atoms with Crippen molar-refractivity contribution in [3.8, 4) is 10.7 Å². The van der Waals surface area contributed by atoms with E-state index in [2.05, 4.69) is 14.9 Å². The van der Waals surface area contributed by atoms with Crippen LogP contribution in [0.25, 0.3) is 10.7 Å². The first-order valence-electron chi connectivity index (χ1n) is 7.62. The van der Waals surface area contributed by atoms with Crippen molar-refractivity contribution in [2.45, 2.75) is 10.6 Å². The van der Waals surface area contributed by atoms with E-state index in [0.717, 1.165) is 10.4 Å². The third-order valence-corrected chi connectivity index (χ3v) is 7.20. The van der Waals surface area contributed by atoms with Gasteiger partial charge in [-0.1, -0.05) is 35.5 Å². The summed E-state index contributed by atoms with van der Waals surface area (Å²) in [5.74, 6) is 0.961. The van der Waals surface area contributed by atoms with Gasteiger partial charge in [0.15, 0.2) is 0 Å². The SMILES string of the molecule is O=S(=O)(Nc1ccccc1Cc1nc(-c2cccs2)no1)c1cccs1. The van der Waals surface area contributed by atoms with Gasteiger partial charge in [0.25, 0.3) is 10.0 Å². The summed E-state index contributed by atoms with van der Waals surface area (Å²) in [5.41, 5.74) is 1.26. The van der Waals surface area contributed by atoms with Gasteiger partial charge in [-0.15, -0.1) is 22.7 Å². The number of aromatic nitrogens is 2. The molecule has 0 aliphatic rings. The van der Waals surface area contributed by atoms with Gasteiger partial charge in [0.2, 0.25) is 11.7 Å². The highest BCUT2D eigenvalue weighted by Crippen LogP contribution is 2.26. The summed E-state index contributed by atoms with van der Waals surface area (Å²) in [6, 6.07) is 14.3. The Bertz CT molecular complexity index is 1100. The lowest BCUT2D eigenvalue weighted by atomic mass is 10.1. The Balaban J connectivity index is 1.59. The predicted molar refractivity (Wildman–Crippen MR) is 102 cm³/mol. The number of hydrogen-bond acceptors (Lipinski definition) is 7. The first-order valence-corrected chi connectivity index (χ1v) is 10.9. The Hall–Kier alpha value is -2.49. The van der Waals surface area contributed by atoms with Crippen molar-refractivity contribution < 1.29 is 12.9 Å². The van der Waals surface area contributed by atoms with Crippen molar-refractivity contribution in [1.82, 2.24) is 10.1 Å². The highest BCUT2D eigenvalue weighted by atomic mass is 32.2. The third kappa shape index (κ3) is 3.55. The smallest absolute Gasteiger partial charge is 0.271 e. The minimum Gasteiger partial charge on any atom is -0.339 e. The molecule has 0 saturated heterocycles. The fourth-order valence-electron chi connectivity index (χ4n) is 2.38. The number of nitrogens with zero attached hydrogens (tertiary/aromatic N) is 2. The van der Waals surface area contributed by atoms with Crippen LogP contribution in [0.1, 0.15) is 11.5 Å². The third-order valence-electron chi connectivity index (χ3n) is 3.57. The predicted octanol–water partition coefficient (Wildman–Crippen LogP) is 4.25. The van der Waals surface area contributed by atoms with E-state index in [-0.39, 0.29) is 4.21 Å². The summed E-state index contributed by atoms with van der Waals surface area (Å²) < 4.78 is 33.2. The standard InChI is InChI=1S/C17H13N3O3S3/c21-26(22,16-8-4-10-25-16)20-13-6-2-1-5-12(13)11-15-18-17(19-23-15)14-7-3-9-24-14/h1-10,20H,11H2. The van der Waals surface area contributed by atoms with E-state index in [0.29, 0.717) is 23.8 Å². The van der Waals surface area contributed by atoms with Gasteiger partial charge in [-0.2, -0.15) is 4.98 Å². The molecule has 9 heteroatoms. The van der Waals surface area contributed by atoms with Crippen LogP contribution < -0.4 is 4.72 Å². The van der Waals surface area contributed by atoms with Gasteiger partial charge in [-0.05, 0) is 34.5 Å². The molecule has 0 radical (unpaired) electrons. The van der Waals surface area contributed by atoms with E-state index in [4.69, 9.17) is 4.52 Å². The Kier molecular flexibility index (Phi) is 4.58. The molecular formula is C17H13N3O3S3. The number of rotatable bonds is 6. The number of nitrogens with one attached hydrogen (secondary N) is 1. The fraction of sp³-hybridized carbons (Fsp3) is 0.0588. The molecular weight excluding hydrogens is 390 g/mol. The molecule has 4 aromatic rings. The first kappa shape index (κ1) is 17.0. The van der Waals surface area contributed by atoms with E-state index >= 15 is 0 Å². The Morgan fingerprint density at radius 2 is 1.81 bits per heavy atom. The topological polar surface area (TPSA) is 85.1 Å². The molecule has 0 aliphatic heterocycles. The van der Waals surface area contributed by atoms with Crippen molar-refractivity contribution in [3.63, 3.8) is 0 Å². The maximum absolute atomic E-state index is 12.5.